The Morgan fingerprint density at radius 1 is 1.30 bits per heavy atom. The zero-order chi connectivity index (χ0) is 13.8. The second-order valence-electron chi connectivity index (χ2n) is 4.81. The highest BCUT2D eigenvalue weighted by atomic mass is 16.5. The van der Waals surface area contributed by atoms with E-state index in [9.17, 15) is 0 Å². The molecule has 0 amide bonds. The number of ether oxygens (including phenoxy) is 1. The molecule has 7 heteroatoms. The lowest BCUT2D eigenvalue weighted by molar-refractivity contribution is -0.0270. The van der Waals surface area contributed by atoms with Crippen LogP contribution >= 0.6 is 0 Å². The minimum absolute atomic E-state index is 0.102. The summed E-state index contributed by atoms with van der Waals surface area (Å²) in [6.07, 6.45) is 0.102. The van der Waals surface area contributed by atoms with Crippen molar-refractivity contribution in [2.45, 2.75) is 12.6 Å². The maximum Gasteiger partial charge on any atom is 0.170 e. The molecular formula is C13H18N6O. The van der Waals surface area contributed by atoms with Crippen molar-refractivity contribution in [3.63, 3.8) is 0 Å². The first kappa shape index (κ1) is 13.2. The SMILES string of the molecule is NCC1CN(Cc2nnnn2-c2ccccc2)CCO1. The first-order valence-electron chi connectivity index (χ1n) is 6.73. The van der Waals surface area contributed by atoms with Crippen molar-refractivity contribution in [2.24, 2.45) is 5.73 Å². The lowest BCUT2D eigenvalue weighted by Crippen LogP contribution is -2.45. The van der Waals surface area contributed by atoms with Crippen molar-refractivity contribution in [3.8, 4) is 5.69 Å². The lowest BCUT2D eigenvalue weighted by atomic mass is 10.2. The van der Waals surface area contributed by atoms with Crippen molar-refractivity contribution >= 4 is 0 Å². The van der Waals surface area contributed by atoms with Crippen molar-refractivity contribution < 1.29 is 4.74 Å². The molecule has 1 aromatic heterocycles. The summed E-state index contributed by atoms with van der Waals surface area (Å²) in [5.74, 6) is 0.828. The smallest absolute Gasteiger partial charge is 0.170 e. The second-order valence-corrected chi connectivity index (χ2v) is 4.81. The van der Waals surface area contributed by atoms with E-state index in [1.807, 2.05) is 30.3 Å². The third-order valence-corrected chi connectivity index (χ3v) is 3.39. The molecule has 3 rings (SSSR count). The molecule has 1 atom stereocenters. The minimum Gasteiger partial charge on any atom is -0.374 e. The number of tetrazole rings is 1. The van der Waals surface area contributed by atoms with Gasteiger partial charge in [-0.1, -0.05) is 18.2 Å². The summed E-state index contributed by atoms with van der Waals surface area (Å²) in [4.78, 5) is 2.27. The van der Waals surface area contributed by atoms with Crippen molar-refractivity contribution in [2.75, 3.05) is 26.2 Å². The number of para-hydroxylation sites is 1. The Hall–Kier alpha value is -1.83. The molecule has 1 saturated heterocycles. The Kier molecular flexibility index (Phi) is 4.00. The summed E-state index contributed by atoms with van der Waals surface area (Å²) in [5.41, 5.74) is 6.63. The van der Waals surface area contributed by atoms with Crippen molar-refractivity contribution in [3.05, 3.63) is 36.2 Å². The number of nitrogens with two attached hydrogens (primary N) is 1. The highest BCUT2D eigenvalue weighted by molar-refractivity contribution is 5.30. The normalized spacial score (nSPS) is 20.1. The number of nitrogens with zero attached hydrogens (tertiary/aromatic N) is 5. The Morgan fingerprint density at radius 3 is 2.95 bits per heavy atom. The number of hydrogen-bond acceptors (Lipinski definition) is 6. The number of benzene rings is 1. The zero-order valence-corrected chi connectivity index (χ0v) is 11.2. The van der Waals surface area contributed by atoms with Crippen molar-refractivity contribution in [1.29, 1.82) is 0 Å². The van der Waals surface area contributed by atoms with Crippen LogP contribution in [0, 0.1) is 0 Å². The summed E-state index contributed by atoms with van der Waals surface area (Å²) in [5, 5.41) is 12.0. The number of aromatic nitrogens is 4. The van der Waals surface area contributed by atoms with Gasteiger partial charge in [-0.25, -0.2) is 0 Å². The Bertz CT molecular complexity index is 543. The molecule has 0 spiro atoms. The third kappa shape index (κ3) is 2.84. The van der Waals surface area contributed by atoms with Crippen LogP contribution in [0.4, 0.5) is 0 Å². The molecule has 0 bridgehead atoms. The molecule has 1 fully saturated rings. The Morgan fingerprint density at radius 2 is 2.15 bits per heavy atom. The van der Waals surface area contributed by atoms with E-state index in [1.165, 1.54) is 0 Å². The molecule has 0 saturated carbocycles. The number of hydrogen-bond donors (Lipinski definition) is 1. The molecule has 106 valence electrons. The predicted octanol–water partition coefficient (Wildman–Crippen LogP) is -0.178. The average Bonchev–Trinajstić information content (AvgIpc) is 2.96. The van der Waals surface area contributed by atoms with Gasteiger partial charge >= 0.3 is 0 Å². The van der Waals surface area contributed by atoms with Crippen molar-refractivity contribution in [1.82, 2.24) is 25.1 Å². The maximum absolute atomic E-state index is 5.66. The van der Waals surface area contributed by atoms with Gasteiger partial charge in [-0.3, -0.25) is 4.90 Å². The summed E-state index contributed by atoms with van der Waals surface area (Å²) in [6.45, 7) is 3.63. The molecular weight excluding hydrogens is 256 g/mol. The van der Waals surface area contributed by atoms with E-state index in [4.69, 9.17) is 10.5 Å². The first-order valence-corrected chi connectivity index (χ1v) is 6.73. The van der Waals surface area contributed by atoms with Crippen LogP contribution in [0.1, 0.15) is 5.82 Å². The number of rotatable bonds is 4. The first-order chi connectivity index (χ1) is 9.86. The fourth-order valence-electron chi connectivity index (χ4n) is 2.34. The topological polar surface area (TPSA) is 82.1 Å². The molecule has 1 unspecified atom stereocenters. The summed E-state index contributed by atoms with van der Waals surface area (Å²) < 4.78 is 7.34. The molecule has 0 radical (unpaired) electrons. The van der Waals surface area contributed by atoms with E-state index in [0.717, 1.165) is 24.6 Å². The number of morpholine rings is 1. The summed E-state index contributed by atoms with van der Waals surface area (Å²) in [6, 6.07) is 9.89. The van der Waals surface area contributed by atoms with Gasteiger partial charge in [0.05, 0.1) is 24.9 Å². The van der Waals surface area contributed by atoms with Crippen LogP contribution in [0.2, 0.25) is 0 Å². The van der Waals surface area contributed by atoms with Crippen LogP contribution < -0.4 is 5.73 Å². The highest BCUT2D eigenvalue weighted by Gasteiger charge is 2.21. The molecule has 20 heavy (non-hydrogen) atoms. The molecule has 1 aromatic carbocycles. The van der Waals surface area contributed by atoms with Crippen LogP contribution in [0.5, 0.6) is 0 Å². The highest BCUT2D eigenvalue weighted by Crippen LogP contribution is 2.11. The molecule has 2 heterocycles. The minimum atomic E-state index is 0.102. The van der Waals surface area contributed by atoms with Gasteiger partial charge in [0.15, 0.2) is 5.82 Å². The van der Waals surface area contributed by atoms with Gasteiger partial charge < -0.3 is 10.5 Å². The van der Waals surface area contributed by atoms with Gasteiger partial charge in [-0.05, 0) is 22.6 Å². The third-order valence-electron chi connectivity index (χ3n) is 3.39. The van der Waals surface area contributed by atoms with E-state index in [-0.39, 0.29) is 6.10 Å². The molecule has 1 aliphatic rings. The fourth-order valence-corrected chi connectivity index (χ4v) is 2.34. The quantitative estimate of drug-likeness (QED) is 0.833. The van der Waals surface area contributed by atoms with Crippen LogP contribution in [0.15, 0.2) is 30.3 Å². The summed E-state index contributed by atoms with van der Waals surface area (Å²) in [7, 11) is 0. The van der Waals surface area contributed by atoms with Crippen LogP contribution in [0.25, 0.3) is 5.69 Å². The van der Waals surface area contributed by atoms with Gasteiger partial charge in [0.25, 0.3) is 0 Å². The van der Waals surface area contributed by atoms with E-state index >= 15 is 0 Å². The lowest BCUT2D eigenvalue weighted by Gasteiger charge is -2.31. The monoisotopic (exact) mass is 274 g/mol. The second kappa shape index (κ2) is 6.08. The largest absolute Gasteiger partial charge is 0.374 e. The van der Waals surface area contributed by atoms with Gasteiger partial charge in [0.2, 0.25) is 0 Å². The van der Waals surface area contributed by atoms with Crippen LogP contribution in [-0.2, 0) is 11.3 Å². The Balaban J connectivity index is 1.74. The van der Waals surface area contributed by atoms with Gasteiger partial charge in [-0.2, -0.15) is 4.68 Å². The van der Waals surface area contributed by atoms with Gasteiger partial charge in [0.1, 0.15) is 0 Å². The van der Waals surface area contributed by atoms with Crippen LogP contribution in [-0.4, -0.2) is 57.5 Å². The molecule has 1 aliphatic heterocycles. The molecule has 0 aliphatic carbocycles. The fraction of sp³-hybridized carbons (Fsp3) is 0.462. The van der Waals surface area contributed by atoms with Crippen LogP contribution in [0.3, 0.4) is 0 Å². The molecule has 2 N–H and O–H groups in total. The molecule has 7 nitrogen and oxygen atoms in total. The predicted molar refractivity (Wildman–Crippen MR) is 73.2 cm³/mol. The van der Waals surface area contributed by atoms with Gasteiger partial charge in [0, 0.05) is 19.6 Å². The van der Waals surface area contributed by atoms with E-state index in [1.54, 1.807) is 4.68 Å². The van der Waals surface area contributed by atoms with E-state index in [0.29, 0.717) is 19.7 Å². The maximum atomic E-state index is 5.66. The zero-order valence-electron chi connectivity index (χ0n) is 11.2. The van der Waals surface area contributed by atoms with E-state index < -0.39 is 0 Å². The van der Waals surface area contributed by atoms with E-state index in [2.05, 4.69) is 20.4 Å². The molecule has 2 aromatic rings. The Labute approximate surface area is 117 Å². The standard InChI is InChI=1S/C13H18N6O/c14-8-12-9-18(6-7-20-12)10-13-15-16-17-19(13)11-4-2-1-3-5-11/h1-5,12H,6-10,14H2. The van der Waals surface area contributed by atoms with Gasteiger partial charge in [-0.15, -0.1) is 5.10 Å². The summed E-state index contributed by atoms with van der Waals surface area (Å²) >= 11 is 0. The average molecular weight is 274 g/mol.